The number of rotatable bonds is 14. The van der Waals surface area contributed by atoms with Gasteiger partial charge in [-0.1, -0.05) is 50.2 Å². The molecule has 0 radical (unpaired) electrons. The van der Waals surface area contributed by atoms with E-state index in [9.17, 15) is 33.3 Å². The van der Waals surface area contributed by atoms with Gasteiger partial charge in [0.2, 0.25) is 10.0 Å². The van der Waals surface area contributed by atoms with E-state index >= 15 is 0 Å². The molecule has 2 aromatic rings. The Hall–Kier alpha value is -3.44. The lowest BCUT2D eigenvalue weighted by atomic mass is 9.74. The number of nitrogens with two attached hydrogens (primary N) is 2. The molecule has 2 aliphatic heterocycles. The van der Waals surface area contributed by atoms with Crippen molar-refractivity contribution in [3.8, 4) is 0 Å². The molecule has 2 fully saturated rings. The maximum atomic E-state index is 14.3. The fourth-order valence-corrected chi connectivity index (χ4v) is 9.21. The summed E-state index contributed by atoms with van der Waals surface area (Å²) in [5.74, 6) is -5.03. The highest BCUT2D eigenvalue weighted by Gasteiger charge is 2.52. The van der Waals surface area contributed by atoms with E-state index in [4.69, 9.17) is 34.7 Å². The second-order valence-corrected chi connectivity index (χ2v) is 19.5. The topological polar surface area (TPSA) is 273 Å². The maximum absolute atomic E-state index is 14.3. The number of aliphatic hydroxyl groups is 3. The first-order valence-corrected chi connectivity index (χ1v) is 23.3. The minimum Gasteiger partial charge on any atom is -0.459 e. The molecule has 19 nitrogen and oxygen atoms in total. The minimum atomic E-state index is -3.81. The quantitative estimate of drug-likeness (QED) is 0.103. The molecule has 356 valence electrons. The third-order valence-corrected chi connectivity index (χ3v) is 13.8. The molecule has 0 amide bonds. The summed E-state index contributed by atoms with van der Waals surface area (Å²) >= 11 is 0. The van der Waals surface area contributed by atoms with Crippen molar-refractivity contribution in [2.75, 3.05) is 27.2 Å². The Morgan fingerprint density at radius 3 is 2.33 bits per heavy atom. The Labute approximate surface area is 371 Å². The number of carbonyl (C=O) groups excluding carboxylic acids is 2. The molecule has 2 aliphatic rings. The third-order valence-electron chi connectivity index (χ3n) is 12.8. The summed E-state index contributed by atoms with van der Waals surface area (Å²) in [6, 6.07) is 5.77. The van der Waals surface area contributed by atoms with E-state index in [1.165, 1.54) is 33.1 Å². The van der Waals surface area contributed by atoms with Crippen molar-refractivity contribution in [1.82, 2.24) is 19.9 Å². The van der Waals surface area contributed by atoms with Gasteiger partial charge in [-0.05, 0) is 78.6 Å². The molecule has 20 heteroatoms. The molecule has 63 heavy (non-hydrogen) atoms. The molecule has 1 aromatic heterocycles. The summed E-state index contributed by atoms with van der Waals surface area (Å²) in [6.07, 6.45) is -3.97. The van der Waals surface area contributed by atoms with E-state index in [0.717, 1.165) is 5.56 Å². The first kappa shape index (κ1) is 52.2. The summed E-state index contributed by atoms with van der Waals surface area (Å²) in [6.45, 7) is 16.1. The van der Waals surface area contributed by atoms with E-state index in [-0.39, 0.29) is 30.4 Å². The van der Waals surface area contributed by atoms with E-state index < -0.39 is 99.5 Å². The Kier molecular flexibility index (Phi) is 18.0. The van der Waals surface area contributed by atoms with Gasteiger partial charge in [-0.3, -0.25) is 9.59 Å². The zero-order valence-corrected chi connectivity index (χ0v) is 39.4. The lowest BCUT2D eigenvalue weighted by Crippen LogP contribution is -2.60. The summed E-state index contributed by atoms with van der Waals surface area (Å²) in [7, 11) is -0.440. The van der Waals surface area contributed by atoms with Crippen LogP contribution in [-0.4, -0.2) is 149 Å². The monoisotopic (exact) mass is 909 g/mol. The van der Waals surface area contributed by atoms with Gasteiger partial charge >= 0.3 is 5.97 Å². The van der Waals surface area contributed by atoms with Gasteiger partial charge in [0.25, 0.3) is 0 Å². The van der Waals surface area contributed by atoms with E-state index in [0.29, 0.717) is 37.3 Å². The highest BCUT2D eigenvalue weighted by atomic mass is 32.2. The number of cyclic esters (lactones) is 1. The third kappa shape index (κ3) is 12.7. The van der Waals surface area contributed by atoms with Gasteiger partial charge in [-0.2, -0.15) is 0 Å². The van der Waals surface area contributed by atoms with Gasteiger partial charge in [-0.25, -0.2) is 18.2 Å². The van der Waals surface area contributed by atoms with Gasteiger partial charge in [0.15, 0.2) is 12.1 Å². The zero-order valence-electron chi connectivity index (χ0n) is 38.6. The minimum absolute atomic E-state index is 0.0194. The van der Waals surface area contributed by atoms with Crippen molar-refractivity contribution in [2.45, 2.75) is 160 Å². The predicted molar refractivity (Wildman–Crippen MR) is 232 cm³/mol. The van der Waals surface area contributed by atoms with Gasteiger partial charge in [-0.15, -0.1) is 5.10 Å². The fourth-order valence-electron chi connectivity index (χ4n) is 8.69. The molecular weight excluding hydrogens is 839 g/mol. The highest BCUT2D eigenvalue weighted by molar-refractivity contribution is 7.89. The standard InChI is InChI=1S/C43H71N7O12S/c1-12-34-43(9,55)38(53)27(5)35(47-62-26(4)21-44)24(2)20-42(8,58-11)39(28(6)36(51)29(7)40(54)60-34)61-41-37(52)33(19-25(3)59-41)49(10)18-17-31-23-50(48-46-31)22-30-13-15-32(16-14-30)63(45,56)57/h13-16,23-29,33-34,37-39,41,52-53,55H,12,17-22,44H2,1-11H3,(H2,45,56,57)/t24-,25-,26-,27+,28+,29-,33+,34-,37-,38-,39-,41+,42-,43-/m1/s1. The molecule has 3 heterocycles. The predicted octanol–water partition coefficient (Wildman–Crippen LogP) is 1.77. The number of benzene rings is 1. The molecular formula is C43H71N7O12S. The van der Waals surface area contributed by atoms with Gasteiger partial charge in [0.1, 0.15) is 29.8 Å². The number of ether oxygens (including phenoxy) is 4. The van der Waals surface area contributed by atoms with Crippen LogP contribution in [0.4, 0.5) is 0 Å². The molecule has 0 unspecified atom stereocenters. The van der Waals surface area contributed by atoms with Crippen LogP contribution in [0, 0.1) is 23.7 Å². The van der Waals surface area contributed by atoms with Crippen molar-refractivity contribution < 1.29 is 57.1 Å². The number of likely N-dealkylation sites (N-methyl/N-ethyl adjacent to an activating group) is 1. The van der Waals surface area contributed by atoms with Crippen LogP contribution in [-0.2, 0) is 56.4 Å². The largest absolute Gasteiger partial charge is 0.459 e. The van der Waals surface area contributed by atoms with Crippen LogP contribution < -0.4 is 10.9 Å². The van der Waals surface area contributed by atoms with Crippen LogP contribution in [0.5, 0.6) is 0 Å². The van der Waals surface area contributed by atoms with Crippen LogP contribution in [0.1, 0.15) is 92.8 Å². The fraction of sp³-hybridized carbons (Fsp3) is 0.744. The number of aliphatic hydroxyl groups excluding tert-OH is 2. The highest BCUT2D eigenvalue weighted by Crippen LogP contribution is 2.39. The summed E-state index contributed by atoms with van der Waals surface area (Å²) in [5.41, 5.74) is 4.47. The second kappa shape index (κ2) is 21.7. The summed E-state index contributed by atoms with van der Waals surface area (Å²) in [5, 5.41) is 53.7. The van der Waals surface area contributed by atoms with Crippen LogP contribution in [0.3, 0.4) is 0 Å². The smallest absolute Gasteiger partial charge is 0.316 e. The number of Topliss-reactive ketones (excluding diaryl/α,β-unsaturated/α-hetero) is 1. The Morgan fingerprint density at radius 1 is 1.10 bits per heavy atom. The van der Waals surface area contributed by atoms with Crippen molar-refractivity contribution in [1.29, 1.82) is 0 Å². The molecule has 4 rings (SSSR count). The van der Waals surface area contributed by atoms with Crippen molar-refractivity contribution >= 4 is 27.5 Å². The normalized spacial score (nSPS) is 35.3. The number of esters is 1. The molecule has 1 aromatic carbocycles. The maximum Gasteiger partial charge on any atom is 0.316 e. The molecule has 0 spiro atoms. The lowest BCUT2D eigenvalue weighted by Gasteiger charge is -2.47. The molecule has 14 atom stereocenters. The second-order valence-electron chi connectivity index (χ2n) is 18.0. The number of primary sulfonamides is 1. The average molecular weight is 910 g/mol. The first-order chi connectivity index (χ1) is 29.4. The number of hydrogen-bond donors (Lipinski definition) is 5. The molecule has 0 bridgehead atoms. The lowest BCUT2D eigenvalue weighted by molar-refractivity contribution is -0.295. The SMILES string of the molecule is CC[C@H]1OC(=O)[C@H](C)C(=O)[C@H](C)[C@@H](O[C@@H]2O[C@H](C)C[C@H](N(C)CCc3cn(Cc4ccc(S(N)(=O)=O)cc4)nn3)[C@H]2O)[C@](C)(OC)C[C@@H](C)C(=NO[C@H](C)CN)[C@H](C)[C@@H](O)[C@]1(C)O. The van der Waals surface area contributed by atoms with Crippen LogP contribution in [0.15, 0.2) is 40.5 Å². The molecule has 7 N–H and O–H groups in total. The molecule has 0 saturated carbocycles. The van der Waals surface area contributed by atoms with Crippen molar-refractivity contribution in [3.05, 3.63) is 41.7 Å². The molecule has 2 saturated heterocycles. The first-order valence-electron chi connectivity index (χ1n) is 21.7. The Morgan fingerprint density at radius 2 is 1.75 bits per heavy atom. The van der Waals surface area contributed by atoms with Gasteiger partial charge in [0.05, 0.1) is 46.8 Å². The number of sulfonamides is 1. The summed E-state index contributed by atoms with van der Waals surface area (Å²) in [4.78, 5) is 35.8. The van der Waals surface area contributed by atoms with Crippen LogP contribution in [0.2, 0.25) is 0 Å². The summed E-state index contributed by atoms with van der Waals surface area (Å²) < 4.78 is 50.0. The van der Waals surface area contributed by atoms with Gasteiger partial charge in [0, 0.05) is 56.6 Å². The van der Waals surface area contributed by atoms with Crippen molar-refractivity contribution in [3.63, 3.8) is 0 Å². The number of oxime groups is 1. The van der Waals surface area contributed by atoms with Gasteiger partial charge < -0.3 is 49.7 Å². The zero-order chi connectivity index (χ0) is 47.2. The number of nitrogens with zero attached hydrogens (tertiary/aromatic N) is 5. The van der Waals surface area contributed by atoms with Crippen molar-refractivity contribution in [2.24, 2.45) is 39.7 Å². The van der Waals surface area contributed by atoms with Crippen LogP contribution >= 0.6 is 0 Å². The van der Waals surface area contributed by atoms with E-state index in [2.05, 4.69) is 15.5 Å². The number of carbonyl (C=O) groups is 2. The van der Waals surface area contributed by atoms with E-state index in [1.807, 2.05) is 25.8 Å². The van der Waals surface area contributed by atoms with Crippen LogP contribution in [0.25, 0.3) is 0 Å². The number of hydrogen-bond acceptors (Lipinski definition) is 17. The molecule has 0 aliphatic carbocycles. The Bertz CT molecular complexity index is 1970. The number of methoxy groups -OCH3 is 1. The number of aromatic nitrogens is 3. The number of ketones is 1. The average Bonchev–Trinajstić information content (AvgIpc) is 3.69. The Balaban J connectivity index is 1.61. The van der Waals surface area contributed by atoms with E-state index in [1.54, 1.807) is 57.6 Å².